The molecule has 4 rings (SSSR count). The van der Waals surface area contributed by atoms with Gasteiger partial charge in [-0.05, 0) is 0 Å². The Labute approximate surface area is 164 Å². The third-order valence-corrected chi connectivity index (χ3v) is 6.17. The van der Waals surface area contributed by atoms with Crippen LogP contribution in [0, 0.1) is 0 Å². The number of aryl methyl sites for hydroxylation is 1. The number of thioether (sulfide) groups is 1. The Balaban J connectivity index is 1.58. The number of hydrogen-bond donors (Lipinski definition) is 0. The van der Waals surface area contributed by atoms with Crippen LogP contribution in [0.4, 0.5) is 11.8 Å². The van der Waals surface area contributed by atoms with Crippen LogP contribution in [0.3, 0.4) is 0 Å². The highest BCUT2D eigenvalue weighted by Gasteiger charge is 2.30. The maximum atomic E-state index is 5.82. The van der Waals surface area contributed by atoms with E-state index in [1.54, 1.807) is 14.2 Å². The van der Waals surface area contributed by atoms with Gasteiger partial charge in [0.2, 0.25) is 5.95 Å². The number of fused-ring (bicyclic) bond motifs is 1. The smallest absolute Gasteiger partial charge is 0.227 e. The predicted molar refractivity (Wildman–Crippen MR) is 104 cm³/mol. The molecule has 1 aromatic rings. The monoisotopic (exact) mass is 396 g/mol. The van der Waals surface area contributed by atoms with E-state index in [9.17, 15) is 0 Å². The fraction of sp³-hybridized carbons (Fsp3) is 0.778. The Bertz CT molecular complexity index is 646. The Morgan fingerprint density at radius 2 is 1.67 bits per heavy atom. The highest BCUT2D eigenvalue weighted by Crippen LogP contribution is 2.39. The van der Waals surface area contributed by atoms with Crippen LogP contribution in [0.15, 0.2) is 4.90 Å². The van der Waals surface area contributed by atoms with E-state index in [1.165, 1.54) is 10.6 Å². The van der Waals surface area contributed by atoms with Crippen molar-refractivity contribution in [3.63, 3.8) is 0 Å². The van der Waals surface area contributed by atoms with Crippen LogP contribution in [-0.4, -0.2) is 94.8 Å². The predicted octanol–water partition coefficient (Wildman–Crippen LogP) is 0.828. The topological polar surface area (TPSA) is 69.2 Å². The van der Waals surface area contributed by atoms with Crippen LogP contribution in [0.1, 0.15) is 5.69 Å². The van der Waals surface area contributed by atoms with E-state index >= 15 is 0 Å². The zero-order valence-electron chi connectivity index (χ0n) is 16.1. The number of nitrogens with zero attached hydrogens (tertiary/aromatic N) is 4. The Morgan fingerprint density at radius 1 is 1.00 bits per heavy atom. The standard InChI is InChI=1S/C18H28N4O4S/c1-23-11-13-9-21(4-6-25-13)17-16-15(3-8-27-16)19-18(20-17)22-5-7-26-14(10-22)12-24-2/h13-14H,3-12H2,1-2H3/t13-,14-/m1/s1. The van der Waals surface area contributed by atoms with Crippen molar-refractivity contribution in [1.82, 2.24) is 9.97 Å². The molecule has 3 aliphatic rings. The summed E-state index contributed by atoms with van der Waals surface area (Å²) in [6.07, 6.45) is 1.15. The summed E-state index contributed by atoms with van der Waals surface area (Å²) in [6.45, 7) is 5.77. The van der Waals surface area contributed by atoms with Crippen molar-refractivity contribution < 1.29 is 18.9 Å². The molecule has 27 heavy (non-hydrogen) atoms. The number of morpholine rings is 2. The SMILES string of the molecule is COC[C@H]1CN(c2nc3c(c(N4CCO[C@@H](COC)C4)n2)SCC3)CCO1. The van der Waals surface area contributed by atoms with Gasteiger partial charge in [-0.1, -0.05) is 0 Å². The number of ether oxygens (including phenoxy) is 4. The summed E-state index contributed by atoms with van der Waals surface area (Å²) in [5, 5.41) is 0. The second kappa shape index (κ2) is 8.91. The molecule has 9 heteroatoms. The van der Waals surface area contributed by atoms with E-state index in [-0.39, 0.29) is 12.2 Å². The minimum atomic E-state index is 0.0629. The first-order valence-electron chi connectivity index (χ1n) is 9.53. The number of aromatic nitrogens is 2. The third kappa shape index (κ3) is 4.32. The number of rotatable bonds is 6. The molecule has 0 bridgehead atoms. The van der Waals surface area contributed by atoms with E-state index in [0.29, 0.717) is 26.4 Å². The highest BCUT2D eigenvalue weighted by molar-refractivity contribution is 7.99. The van der Waals surface area contributed by atoms with E-state index in [4.69, 9.17) is 28.9 Å². The van der Waals surface area contributed by atoms with Crippen molar-refractivity contribution in [2.24, 2.45) is 0 Å². The van der Waals surface area contributed by atoms with Gasteiger partial charge in [0.15, 0.2) is 0 Å². The Hall–Kier alpha value is -1.13. The second-order valence-corrected chi connectivity index (χ2v) is 8.11. The molecule has 4 heterocycles. The quantitative estimate of drug-likeness (QED) is 0.695. The minimum Gasteiger partial charge on any atom is -0.382 e. The van der Waals surface area contributed by atoms with Gasteiger partial charge < -0.3 is 28.7 Å². The minimum absolute atomic E-state index is 0.0629. The molecule has 0 spiro atoms. The number of methoxy groups -OCH3 is 2. The first kappa shape index (κ1) is 19.2. The molecule has 0 aromatic carbocycles. The van der Waals surface area contributed by atoms with Crippen LogP contribution >= 0.6 is 11.8 Å². The molecule has 2 fully saturated rings. The summed E-state index contributed by atoms with van der Waals surface area (Å²) < 4.78 is 22.2. The van der Waals surface area contributed by atoms with Gasteiger partial charge >= 0.3 is 0 Å². The zero-order valence-corrected chi connectivity index (χ0v) is 16.9. The van der Waals surface area contributed by atoms with Crippen molar-refractivity contribution in [3.05, 3.63) is 5.69 Å². The van der Waals surface area contributed by atoms with Gasteiger partial charge in [-0.25, -0.2) is 4.98 Å². The number of anilines is 2. The van der Waals surface area contributed by atoms with Crippen molar-refractivity contribution in [2.75, 3.05) is 82.4 Å². The lowest BCUT2D eigenvalue weighted by Gasteiger charge is -2.36. The first-order chi connectivity index (χ1) is 13.3. The van der Waals surface area contributed by atoms with Gasteiger partial charge in [-0.3, -0.25) is 0 Å². The molecular formula is C18H28N4O4S. The lowest BCUT2D eigenvalue weighted by atomic mass is 10.2. The summed E-state index contributed by atoms with van der Waals surface area (Å²) >= 11 is 1.86. The lowest BCUT2D eigenvalue weighted by Crippen LogP contribution is -2.46. The fourth-order valence-electron chi connectivity index (χ4n) is 3.78. The van der Waals surface area contributed by atoms with Gasteiger partial charge in [-0.15, -0.1) is 11.8 Å². The van der Waals surface area contributed by atoms with Gasteiger partial charge in [-0.2, -0.15) is 4.98 Å². The molecule has 0 saturated carbocycles. The molecule has 8 nitrogen and oxygen atoms in total. The summed E-state index contributed by atoms with van der Waals surface area (Å²) in [7, 11) is 3.42. The average molecular weight is 397 g/mol. The van der Waals surface area contributed by atoms with Crippen molar-refractivity contribution >= 4 is 23.5 Å². The van der Waals surface area contributed by atoms with Crippen molar-refractivity contribution in [2.45, 2.75) is 23.5 Å². The molecule has 2 atom stereocenters. The van der Waals surface area contributed by atoms with E-state index < -0.39 is 0 Å². The molecular weight excluding hydrogens is 368 g/mol. The van der Waals surface area contributed by atoms with Gasteiger partial charge in [0.25, 0.3) is 0 Å². The zero-order chi connectivity index (χ0) is 18.6. The largest absolute Gasteiger partial charge is 0.382 e. The van der Waals surface area contributed by atoms with E-state index in [0.717, 1.165) is 50.1 Å². The summed E-state index contributed by atoms with van der Waals surface area (Å²) in [5.74, 6) is 2.93. The first-order valence-corrected chi connectivity index (χ1v) is 10.5. The summed E-state index contributed by atoms with van der Waals surface area (Å²) in [4.78, 5) is 15.7. The second-order valence-electron chi connectivity index (χ2n) is 7.01. The maximum Gasteiger partial charge on any atom is 0.227 e. The average Bonchev–Trinajstić information content (AvgIpc) is 3.17. The Kier molecular flexibility index (Phi) is 6.34. The highest BCUT2D eigenvalue weighted by atomic mass is 32.2. The van der Waals surface area contributed by atoms with Crippen LogP contribution < -0.4 is 9.80 Å². The normalized spacial score (nSPS) is 25.7. The lowest BCUT2D eigenvalue weighted by molar-refractivity contribution is -0.0109. The van der Waals surface area contributed by atoms with Crippen LogP contribution in [0.5, 0.6) is 0 Å². The molecule has 2 saturated heterocycles. The van der Waals surface area contributed by atoms with Crippen molar-refractivity contribution in [1.29, 1.82) is 0 Å². The Morgan fingerprint density at radius 3 is 2.37 bits per heavy atom. The summed E-state index contributed by atoms with van der Waals surface area (Å²) in [5.41, 5.74) is 1.17. The van der Waals surface area contributed by atoms with Crippen LogP contribution in [-0.2, 0) is 25.4 Å². The van der Waals surface area contributed by atoms with Gasteiger partial charge in [0.05, 0.1) is 49.2 Å². The third-order valence-electron chi connectivity index (χ3n) is 5.06. The molecule has 0 radical (unpaired) electrons. The molecule has 0 unspecified atom stereocenters. The molecule has 150 valence electrons. The molecule has 0 aliphatic carbocycles. The van der Waals surface area contributed by atoms with Gasteiger partial charge in [0.1, 0.15) is 5.82 Å². The summed E-state index contributed by atoms with van der Waals surface area (Å²) in [6, 6.07) is 0. The molecule has 1 aromatic heterocycles. The maximum absolute atomic E-state index is 5.82. The number of hydrogen-bond acceptors (Lipinski definition) is 9. The van der Waals surface area contributed by atoms with Crippen LogP contribution in [0.2, 0.25) is 0 Å². The van der Waals surface area contributed by atoms with E-state index in [1.807, 2.05) is 11.8 Å². The van der Waals surface area contributed by atoms with Crippen LogP contribution in [0.25, 0.3) is 0 Å². The van der Waals surface area contributed by atoms with Gasteiger partial charge in [0, 0.05) is 52.6 Å². The molecule has 3 aliphatic heterocycles. The molecule has 0 N–H and O–H groups in total. The fourth-order valence-corrected chi connectivity index (χ4v) is 4.90. The van der Waals surface area contributed by atoms with Crippen molar-refractivity contribution in [3.8, 4) is 0 Å². The molecule has 0 amide bonds. The van der Waals surface area contributed by atoms with E-state index in [2.05, 4.69) is 9.80 Å².